The lowest BCUT2D eigenvalue weighted by molar-refractivity contribution is -0.123. The average molecular weight is 426 g/mol. The second-order valence-electron chi connectivity index (χ2n) is 9.84. The average Bonchev–Trinajstić information content (AvgIpc) is 2.82. The van der Waals surface area contributed by atoms with Gasteiger partial charge in [-0.05, 0) is 68.8 Å². The molecule has 6 rings (SSSR count). The first-order valence-electron chi connectivity index (χ1n) is 12.2. The summed E-state index contributed by atoms with van der Waals surface area (Å²) in [5.41, 5.74) is 6.79. The second-order valence-corrected chi connectivity index (χ2v) is 9.84. The molecule has 3 aromatic carbocycles. The van der Waals surface area contributed by atoms with Crippen molar-refractivity contribution in [1.82, 2.24) is 4.90 Å². The Hall–Kier alpha value is -2.42. The van der Waals surface area contributed by atoms with Crippen molar-refractivity contribution in [2.75, 3.05) is 13.1 Å². The molecule has 3 aromatic rings. The minimum Gasteiger partial charge on any atom is -0.372 e. The van der Waals surface area contributed by atoms with E-state index in [1.807, 2.05) is 0 Å². The minimum atomic E-state index is 0.284. The van der Waals surface area contributed by atoms with E-state index in [1.54, 1.807) is 0 Å². The molecule has 0 N–H and O–H groups in total. The SMILES string of the molecule is Cc1cc(C)cc(CO[C@H]2C3CCN(CC3)[C@H]2[C@@H](Cc2ccccc2)c2ccccc2)c1. The summed E-state index contributed by atoms with van der Waals surface area (Å²) in [6.07, 6.45) is 3.87. The van der Waals surface area contributed by atoms with Crippen molar-refractivity contribution >= 4 is 0 Å². The molecule has 0 spiro atoms. The molecule has 2 heteroatoms. The van der Waals surface area contributed by atoms with Gasteiger partial charge >= 0.3 is 0 Å². The quantitative estimate of drug-likeness (QED) is 0.440. The summed E-state index contributed by atoms with van der Waals surface area (Å²) in [5, 5.41) is 0. The zero-order valence-electron chi connectivity index (χ0n) is 19.4. The lowest BCUT2D eigenvalue weighted by Gasteiger charge is -2.53. The van der Waals surface area contributed by atoms with Gasteiger partial charge in [0.15, 0.2) is 0 Å². The highest BCUT2D eigenvalue weighted by molar-refractivity contribution is 5.29. The van der Waals surface area contributed by atoms with Crippen LogP contribution in [0.2, 0.25) is 0 Å². The van der Waals surface area contributed by atoms with Crippen LogP contribution in [-0.4, -0.2) is 30.1 Å². The van der Waals surface area contributed by atoms with Gasteiger partial charge < -0.3 is 4.74 Å². The van der Waals surface area contributed by atoms with E-state index in [1.165, 1.54) is 53.7 Å². The number of hydrogen-bond acceptors (Lipinski definition) is 2. The summed E-state index contributed by atoms with van der Waals surface area (Å²) in [5.74, 6) is 1.10. The molecule has 3 atom stereocenters. The summed E-state index contributed by atoms with van der Waals surface area (Å²) in [6, 6.07) is 29.4. The number of benzene rings is 3. The highest BCUT2D eigenvalue weighted by atomic mass is 16.5. The molecule has 0 aromatic heterocycles. The van der Waals surface area contributed by atoms with E-state index in [2.05, 4.69) is 97.6 Å². The van der Waals surface area contributed by atoms with Gasteiger partial charge in [0.2, 0.25) is 0 Å². The van der Waals surface area contributed by atoms with Crippen molar-refractivity contribution in [2.24, 2.45) is 5.92 Å². The predicted molar refractivity (Wildman–Crippen MR) is 132 cm³/mol. The third-order valence-electron chi connectivity index (χ3n) is 7.46. The minimum absolute atomic E-state index is 0.284. The Kier molecular flexibility index (Phi) is 6.43. The fraction of sp³-hybridized carbons (Fsp3) is 0.400. The van der Waals surface area contributed by atoms with Gasteiger partial charge in [-0.25, -0.2) is 0 Å². The maximum Gasteiger partial charge on any atom is 0.0769 e. The second kappa shape index (κ2) is 9.60. The Morgan fingerprint density at radius 2 is 1.44 bits per heavy atom. The van der Waals surface area contributed by atoms with E-state index < -0.39 is 0 Å². The smallest absolute Gasteiger partial charge is 0.0769 e. The van der Waals surface area contributed by atoms with Crippen molar-refractivity contribution in [3.8, 4) is 0 Å². The van der Waals surface area contributed by atoms with Crippen molar-refractivity contribution in [2.45, 2.75) is 57.8 Å². The number of ether oxygens (including phenoxy) is 1. The van der Waals surface area contributed by atoms with Crippen LogP contribution in [0.25, 0.3) is 0 Å². The highest BCUT2D eigenvalue weighted by Gasteiger charge is 2.46. The number of rotatable bonds is 7. The summed E-state index contributed by atoms with van der Waals surface area (Å²) in [6.45, 7) is 7.48. The first-order valence-corrected chi connectivity index (χ1v) is 12.2. The Labute approximate surface area is 193 Å². The number of fused-ring (bicyclic) bond motifs is 3. The molecule has 3 saturated heterocycles. The third kappa shape index (κ3) is 4.67. The topological polar surface area (TPSA) is 12.5 Å². The van der Waals surface area contributed by atoms with Gasteiger partial charge in [0, 0.05) is 12.0 Å². The third-order valence-corrected chi connectivity index (χ3v) is 7.46. The molecular formula is C30H35NO. The molecule has 0 amide bonds. The molecule has 0 unspecified atom stereocenters. The lowest BCUT2D eigenvalue weighted by atomic mass is 9.72. The van der Waals surface area contributed by atoms with Crippen LogP contribution in [-0.2, 0) is 17.8 Å². The van der Waals surface area contributed by atoms with E-state index in [-0.39, 0.29) is 6.10 Å². The summed E-state index contributed by atoms with van der Waals surface area (Å²) in [4.78, 5) is 2.73. The van der Waals surface area contributed by atoms with E-state index >= 15 is 0 Å². The van der Waals surface area contributed by atoms with E-state index in [0.717, 1.165) is 6.42 Å². The monoisotopic (exact) mass is 425 g/mol. The fourth-order valence-corrected chi connectivity index (χ4v) is 6.10. The molecule has 3 aliphatic rings. The van der Waals surface area contributed by atoms with Crippen LogP contribution in [0.5, 0.6) is 0 Å². The number of aryl methyl sites for hydroxylation is 2. The van der Waals surface area contributed by atoms with E-state index in [9.17, 15) is 0 Å². The normalized spacial score (nSPS) is 25.6. The fourth-order valence-electron chi connectivity index (χ4n) is 6.10. The van der Waals surface area contributed by atoms with Gasteiger partial charge in [0.05, 0.1) is 12.7 Å². The van der Waals surface area contributed by atoms with Crippen LogP contribution in [0.1, 0.15) is 46.6 Å². The zero-order valence-corrected chi connectivity index (χ0v) is 19.4. The molecule has 32 heavy (non-hydrogen) atoms. The van der Waals surface area contributed by atoms with Crippen molar-refractivity contribution in [1.29, 1.82) is 0 Å². The van der Waals surface area contributed by atoms with E-state index in [4.69, 9.17) is 4.74 Å². The van der Waals surface area contributed by atoms with Crippen LogP contribution in [0, 0.1) is 19.8 Å². The molecule has 0 saturated carbocycles. The number of nitrogens with zero attached hydrogens (tertiary/aromatic N) is 1. The van der Waals surface area contributed by atoms with Gasteiger partial charge in [0.1, 0.15) is 0 Å². The van der Waals surface area contributed by atoms with Crippen LogP contribution < -0.4 is 0 Å². The van der Waals surface area contributed by atoms with Crippen LogP contribution in [0.4, 0.5) is 0 Å². The zero-order chi connectivity index (χ0) is 21.9. The Morgan fingerprint density at radius 3 is 2.09 bits per heavy atom. The number of piperidine rings is 3. The van der Waals surface area contributed by atoms with Gasteiger partial charge in [0.25, 0.3) is 0 Å². The van der Waals surface area contributed by atoms with Crippen molar-refractivity contribution in [3.63, 3.8) is 0 Å². The van der Waals surface area contributed by atoms with Crippen LogP contribution >= 0.6 is 0 Å². The summed E-state index contributed by atoms with van der Waals surface area (Å²) >= 11 is 0. The highest BCUT2D eigenvalue weighted by Crippen LogP contribution is 2.42. The maximum absolute atomic E-state index is 6.82. The summed E-state index contributed by atoms with van der Waals surface area (Å²) < 4.78 is 6.82. The molecule has 2 nitrogen and oxygen atoms in total. The lowest BCUT2D eigenvalue weighted by Crippen LogP contribution is -2.61. The Morgan fingerprint density at radius 1 is 0.812 bits per heavy atom. The van der Waals surface area contributed by atoms with Crippen LogP contribution in [0.3, 0.4) is 0 Å². The predicted octanol–water partition coefficient (Wildman–Crippen LogP) is 6.31. The first kappa shape index (κ1) is 21.4. The van der Waals surface area contributed by atoms with Crippen molar-refractivity contribution in [3.05, 3.63) is 107 Å². The van der Waals surface area contributed by atoms with Gasteiger partial charge in [-0.3, -0.25) is 4.90 Å². The van der Waals surface area contributed by atoms with Gasteiger partial charge in [-0.1, -0.05) is 90.0 Å². The number of hydrogen-bond donors (Lipinski definition) is 0. The van der Waals surface area contributed by atoms with Gasteiger partial charge in [-0.2, -0.15) is 0 Å². The Bertz CT molecular complexity index is 987. The van der Waals surface area contributed by atoms with E-state index in [0.29, 0.717) is 24.5 Å². The molecular weight excluding hydrogens is 390 g/mol. The summed E-state index contributed by atoms with van der Waals surface area (Å²) in [7, 11) is 0. The molecule has 3 aliphatic heterocycles. The molecule has 166 valence electrons. The largest absolute Gasteiger partial charge is 0.372 e. The van der Waals surface area contributed by atoms with Crippen molar-refractivity contribution < 1.29 is 4.74 Å². The molecule has 2 bridgehead atoms. The van der Waals surface area contributed by atoms with Crippen LogP contribution in [0.15, 0.2) is 78.9 Å². The molecule has 0 aliphatic carbocycles. The molecule has 3 fully saturated rings. The van der Waals surface area contributed by atoms with Gasteiger partial charge in [-0.15, -0.1) is 0 Å². The standard InChI is InChI=1S/C30H35NO/c1-22-17-23(2)19-25(18-22)21-32-30-27-13-15-31(16-14-27)29(30)28(26-11-7-4-8-12-26)20-24-9-5-3-6-10-24/h3-12,17-19,27-30H,13-16,20-21H2,1-2H3/t28-,29-,30-/m0/s1. The molecule has 0 radical (unpaired) electrons. The first-order chi connectivity index (χ1) is 15.7. The molecule has 3 heterocycles. The Balaban J connectivity index is 1.44. The maximum atomic E-state index is 6.82.